The van der Waals surface area contributed by atoms with Gasteiger partial charge in [-0.3, -0.25) is 25.0 Å². The lowest BCUT2D eigenvalue weighted by Gasteiger charge is -2.18. The third-order valence-electron chi connectivity index (χ3n) is 3.52. The standard InChI is InChI=1S/C17H16N2O6/c1-2-3-16(20)25-17(12-4-8-14(9-5-12)18(21)22)13-6-10-15(11-7-13)19(23)24/h4-11,17H,2-3H2,1H3. The third-order valence-corrected chi connectivity index (χ3v) is 3.52. The van der Waals surface area contributed by atoms with Crippen molar-refractivity contribution in [2.45, 2.75) is 25.9 Å². The first-order chi connectivity index (χ1) is 11.9. The van der Waals surface area contributed by atoms with Crippen molar-refractivity contribution in [3.63, 3.8) is 0 Å². The predicted molar refractivity (Wildman–Crippen MR) is 89.0 cm³/mol. The van der Waals surface area contributed by atoms with Crippen molar-refractivity contribution in [1.82, 2.24) is 0 Å². The van der Waals surface area contributed by atoms with Gasteiger partial charge in [-0.15, -0.1) is 0 Å². The minimum atomic E-state index is -0.791. The molecule has 0 amide bonds. The van der Waals surface area contributed by atoms with Crippen molar-refractivity contribution < 1.29 is 19.4 Å². The zero-order chi connectivity index (χ0) is 18.4. The molecule has 0 unspecified atom stereocenters. The molecular formula is C17H16N2O6. The monoisotopic (exact) mass is 344 g/mol. The summed E-state index contributed by atoms with van der Waals surface area (Å²) in [5, 5.41) is 21.5. The molecule has 2 rings (SSSR count). The maximum absolute atomic E-state index is 11.9. The molecule has 25 heavy (non-hydrogen) atoms. The molecule has 0 fully saturated rings. The third kappa shape index (κ3) is 4.60. The van der Waals surface area contributed by atoms with Crippen LogP contribution in [0.3, 0.4) is 0 Å². The normalized spacial score (nSPS) is 10.5. The van der Waals surface area contributed by atoms with E-state index >= 15 is 0 Å². The van der Waals surface area contributed by atoms with Crippen LogP contribution in [-0.4, -0.2) is 15.8 Å². The second kappa shape index (κ2) is 8.00. The highest BCUT2D eigenvalue weighted by atomic mass is 16.6. The number of ether oxygens (including phenoxy) is 1. The van der Waals surface area contributed by atoms with E-state index in [1.54, 1.807) is 0 Å². The summed E-state index contributed by atoms with van der Waals surface area (Å²) in [4.78, 5) is 32.4. The molecule has 0 spiro atoms. The smallest absolute Gasteiger partial charge is 0.306 e. The van der Waals surface area contributed by atoms with Crippen molar-refractivity contribution in [2.75, 3.05) is 0 Å². The fourth-order valence-electron chi connectivity index (χ4n) is 2.26. The van der Waals surface area contributed by atoms with E-state index in [-0.39, 0.29) is 17.8 Å². The number of hydrogen-bond donors (Lipinski definition) is 0. The van der Waals surface area contributed by atoms with Gasteiger partial charge < -0.3 is 4.74 Å². The van der Waals surface area contributed by atoms with Crippen LogP contribution in [0.2, 0.25) is 0 Å². The van der Waals surface area contributed by atoms with Crippen molar-refractivity contribution in [1.29, 1.82) is 0 Å². The Kier molecular flexibility index (Phi) is 5.78. The first-order valence-corrected chi connectivity index (χ1v) is 7.60. The van der Waals surface area contributed by atoms with Gasteiger partial charge in [-0.05, 0) is 41.8 Å². The fraction of sp³-hybridized carbons (Fsp3) is 0.235. The molecular weight excluding hydrogens is 328 g/mol. The highest BCUT2D eigenvalue weighted by molar-refractivity contribution is 5.70. The maximum atomic E-state index is 11.9. The van der Waals surface area contributed by atoms with Crippen molar-refractivity contribution in [3.05, 3.63) is 79.9 Å². The second-order valence-electron chi connectivity index (χ2n) is 5.32. The Morgan fingerprint density at radius 1 is 0.920 bits per heavy atom. The van der Waals surface area contributed by atoms with Crippen LogP contribution in [0.4, 0.5) is 11.4 Å². The lowest BCUT2D eigenvalue weighted by molar-refractivity contribution is -0.385. The van der Waals surface area contributed by atoms with Crippen molar-refractivity contribution in [2.24, 2.45) is 0 Å². The molecule has 0 aliphatic heterocycles. The van der Waals surface area contributed by atoms with Gasteiger partial charge in [0.15, 0.2) is 6.10 Å². The number of rotatable bonds is 7. The van der Waals surface area contributed by atoms with Gasteiger partial charge in [0.2, 0.25) is 0 Å². The van der Waals surface area contributed by atoms with E-state index in [0.29, 0.717) is 17.5 Å². The Morgan fingerprint density at radius 2 is 1.32 bits per heavy atom. The summed E-state index contributed by atoms with van der Waals surface area (Å²) < 4.78 is 5.49. The molecule has 8 nitrogen and oxygen atoms in total. The molecule has 130 valence electrons. The van der Waals surface area contributed by atoms with E-state index in [2.05, 4.69) is 0 Å². The number of nitro groups is 2. The van der Waals surface area contributed by atoms with E-state index in [1.807, 2.05) is 6.92 Å². The molecule has 0 atom stereocenters. The van der Waals surface area contributed by atoms with Crippen molar-refractivity contribution >= 4 is 17.3 Å². The molecule has 0 saturated carbocycles. The number of hydrogen-bond acceptors (Lipinski definition) is 6. The summed E-state index contributed by atoms with van der Waals surface area (Å²) in [7, 11) is 0. The maximum Gasteiger partial charge on any atom is 0.306 e. The van der Waals surface area contributed by atoms with Gasteiger partial charge in [0.1, 0.15) is 0 Å². The largest absolute Gasteiger partial charge is 0.453 e. The Bertz CT molecular complexity index is 713. The Hall–Kier alpha value is -3.29. The van der Waals surface area contributed by atoms with Crippen LogP contribution >= 0.6 is 0 Å². The molecule has 0 aliphatic rings. The van der Waals surface area contributed by atoms with E-state index in [9.17, 15) is 25.0 Å². The lowest BCUT2D eigenvalue weighted by atomic mass is 10.0. The number of carbonyl (C=O) groups is 1. The van der Waals surface area contributed by atoms with Crippen LogP contribution in [0.5, 0.6) is 0 Å². The molecule has 2 aromatic carbocycles. The second-order valence-corrected chi connectivity index (χ2v) is 5.32. The molecule has 0 saturated heterocycles. The summed E-state index contributed by atoms with van der Waals surface area (Å²) in [6.45, 7) is 1.84. The quantitative estimate of drug-likeness (QED) is 0.427. The van der Waals surface area contributed by atoms with Gasteiger partial charge in [0, 0.05) is 30.7 Å². The molecule has 0 radical (unpaired) electrons. The van der Waals surface area contributed by atoms with E-state index in [1.165, 1.54) is 48.5 Å². The summed E-state index contributed by atoms with van der Waals surface area (Å²) in [6.07, 6.45) is 0.0587. The fourth-order valence-corrected chi connectivity index (χ4v) is 2.26. The van der Waals surface area contributed by atoms with Crippen molar-refractivity contribution in [3.8, 4) is 0 Å². The van der Waals surface area contributed by atoms with Gasteiger partial charge in [0.25, 0.3) is 11.4 Å². The summed E-state index contributed by atoms with van der Waals surface area (Å²) >= 11 is 0. The zero-order valence-electron chi connectivity index (χ0n) is 13.5. The highest BCUT2D eigenvalue weighted by Crippen LogP contribution is 2.29. The van der Waals surface area contributed by atoms with E-state index in [0.717, 1.165) is 0 Å². The number of non-ortho nitro benzene ring substituents is 2. The molecule has 0 aromatic heterocycles. The first kappa shape index (κ1) is 18.1. The summed E-state index contributed by atoms with van der Waals surface area (Å²) in [5.74, 6) is -0.413. The Morgan fingerprint density at radius 3 is 1.64 bits per heavy atom. The molecule has 0 aliphatic carbocycles. The lowest BCUT2D eigenvalue weighted by Crippen LogP contribution is -2.12. The van der Waals surface area contributed by atoms with Gasteiger partial charge in [-0.1, -0.05) is 6.92 Å². The zero-order valence-corrected chi connectivity index (χ0v) is 13.5. The SMILES string of the molecule is CCCC(=O)OC(c1ccc([N+](=O)[O-])cc1)c1ccc([N+](=O)[O-])cc1. The molecule has 0 bridgehead atoms. The Balaban J connectivity index is 2.36. The van der Waals surface area contributed by atoms with Crippen LogP contribution in [-0.2, 0) is 9.53 Å². The van der Waals surface area contributed by atoms with Crippen LogP contribution in [0, 0.1) is 20.2 Å². The molecule has 0 N–H and O–H groups in total. The number of benzene rings is 2. The first-order valence-electron chi connectivity index (χ1n) is 7.60. The van der Waals surface area contributed by atoms with E-state index in [4.69, 9.17) is 4.74 Å². The summed E-state index contributed by atoms with van der Waals surface area (Å²) in [6, 6.07) is 11.3. The van der Waals surface area contributed by atoms with Gasteiger partial charge >= 0.3 is 5.97 Å². The number of nitro benzene ring substituents is 2. The minimum absolute atomic E-state index is 0.0777. The highest BCUT2D eigenvalue weighted by Gasteiger charge is 2.20. The summed E-state index contributed by atoms with van der Waals surface area (Å²) in [5.41, 5.74) is 0.935. The van der Waals surface area contributed by atoms with Gasteiger partial charge in [0.05, 0.1) is 9.85 Å². The minimum Gasteiger partial charge on any atom is -0.453 e. The van der Waals surface area contributed by atoms with Gasteiger partial charge in [-0.25, -0.2) is 0 Å². The van der Waals surface area contributed by atoms with Crippen LogP contribution < -0.4 is 0 Å². The average Bonchev–Trinajstić information content (AvgIpc) is 2.60. The number of carbonyl (C=O) groups excluding carboxylic acids is 1. The number of nitrogens with zero attached hydrogens (tertiary/aromatic N) is 2. The van der Waals surface area contributed by atoms with Crippen LogP contribution in [0.25, 0.3) is 0 Å². The van der Waals surface area contributed by atoms with Crippen LogP contribution in [0.15, 0.2) is 48.5 Å². The molecule has 0 heterocycles. The molecule has 2 aromatic rings. The number of esters is 1. The Labute approximate surface area is 143 Å². The molecule has 8 heteroatoms. The predicted octanol–water partition coefficient (Wildman–Crippen LogP) is 3.94. The topological polar surface area (TPSA) is 113 Å². The van der Waals surface area contributed by atoms with Gasteiger partial charge in [-0.2, -0.15) is 0 Å². The van der Waals surface area contributed by atoms with E-state index < -0.39 is 21.9 Å². The van der Waals surface area contributed by atoms with Crippen LogP contribution in [0.1, 0.15) is 37.0 Å². The average molecular weight is 344 g/mol.